The number of rotatable bonds is 7. The van der Waals surface area contributed by atoms with E-state index < -0.39 is 6.72 Å². The number of aromatic nitrogens is 2. The zero-order chi connectivity index (χ0) is 13.6. The van der Waals surface area contributed by atoms with Crippen LogP contribution in [-0.2, 0) is 20.9 Å². The van der Waals surface area contributed by atoms with Crippen LogP contribution in [0.1, 0.15) is 39.4 Å². The highest BCUT2D eigenvalue weighted by molar-refractivity contribution is 8.07. The Morgan fingerprint density at radius 2 is 1.67 bits per heavy atom. The Morgan fingerprint density at radius 1 is 1.17 bits per heavy atom. The lowest BCUT2D eigenvalue weighted by molar-refractivity contribution is 0.217. The molecule has 0 fully saturated rings. The zero-order valence-electron chi connectivity index (χ0n) is 11.1. The summed E-state index contributed by atoms with van der Waals surface area (Å²) in [5.41, 5.74) is 0. The Labute approximate surface area is 113 Å². The van der Waals surface area contributed by atoms with Crippen molar-refractivity contribution in [2.24, 2.45) is 0 Å². The molecule has 7 heteroatoms. The van der Waals surface area contributed by atoms with E-state index in [9.17, 15) is 0 Å². The van der Waals surface area contributed by atoms with Gasteiger partial charge in [-0.1, -0.05) is 13.8 Å². The standard InChI is InChI=1S/C11H19N2O3PS/c1-5-14-17(18,15-6-2)16-10-7-12-11(9(3)4)13-8-10/h7-9H,5-6H2,1-4H3. The van der Waals surface area contributed by atoms with E-state index in [1.54, 1.807) is 12.4 Å². The van der Waals surface area contributed by atoms with Crippen LogP contribution in [0.15, 0.2) is 12.4 Å². The minimum Gasteiger partial charge on any atom is -0.421 e. The SMILES string of the molecule is CCOP(=S)(OCC)Oc1cnc(C(C)C)nc1. The van der Waals surface area contributed by atoms with Crippen LogP contribution in [0.3, 0.4) is 0 Å². The molecule has 102 valence electrons. The zero-order valence-corrected chi connectivity index (χ0v) is 12.8. The maximum Gasteiger partial charge on any atom is 0.380 e. The molecule has 0 amide bonds. The molecule has 0 aromatic carbocycles. The molecule has 0 saturated carbocycles. The molecule has 0 radical (unpaired) electrons. The van der Waals surface area contributed by atoms with Crippen molar-refractivity contribution in [3.05, 3.63) is 18.2 Å². The predicted octanol–water partition coefficient (Wildman–Crippen LogP) is 3.28. The highest BCUT2D eigenvalue weighted by Gasteiger charge is 2.21. The minimum atomic E-state index is -2.73. The molecule has 0 aliphatic rings. The van der Waals surface area contributed by atoms with E-state index in [4.69, 9.17) is 25.4 Å². The van der Waals surface area contributed by atoms with Crippen LogP contribution in [0.4, 0.5) is 0 Å². The van der Waals surface area contributed by atoms with E-state index in [0.717, 1.165) is 5.82 Å². The normalized spacial score (nSPS) is 11.8. The van der Waals surface area contributed by atoms with Gasteiger partial charge in [0, 0.05) is 17.7 Å². The molecule has 0 bridgehead atoms. The van der Waals surface area contributed by atoms with Gasteiger partial charge in [-0.3, -0.25) is 9.05 Å². The van der Waals surface area contributed by atoms with Gasteiger partial charge in [-0.2, -0.15) is 0 Å². The topological polar surface area (TPSA) is 53.5 Å². The van der Waals surface area contributed by atoms with Gasteiger partial charge in [0.05, 0.1) is 25.6 Å². The van der Waals surface area contributed by atoms with Crippen molar-refractivity contribution >= 4 is 18.5 Å². The molecule has 5 nitrogen and oxygen atoms in total. The molecule has 1 heterocycles. The van der Waals surface area contributed by atoms with Gasteiger partial charge >= 0.3 is 6.72 Å². The molecule has 0 aliphatic heterocycles. The van der Waals surface area contributed by atoms with Crippen molar-refractivity contribution in [1.82, 2.24) is 9.97 Å². The van der Waals surface area contributed by atoms with Gasteiger partial charge in [0.2, 0.25) is 0 Å². The highest BCUT2D eigenvalue weighted by atomic mass is 32.5. The third-order valence-corrected chi connectivity index (χ3v) is 4.40. The maximum atomic E-state index is 5.57. The van der Waals surface area contributed by atoms with Gasteiger partial charge in [-0.25, -0.2) is 9.97 Å². The summed E-state index contributed by atoms with van der Waals surface area (Å²) in [5, 5.41) is 0. The van der Waals surface area contributed by atoms with Crippen molar-refractivity contribution in [3.8, 4) is 5.75 Å². The van der Waals surface area contributed by atoms with Crippen LogP contribution < -0.4 is 4.52 Å². The Balaban J connectivity index is 2.78. The molecule has 0 unspecified atom stereocenters. The second-order valence-electron chi connectivity index (χ2n) is 3.81. The van der Waals surface area contributed by atoms with Crippen LogP contribution in [0.25, 0.3) is 0 Å². The molecule has 0 spiro atoms. The summed E-state index contributed by atoms with van der Waals surface area (Å²) in [4.78, 5) is 8.41. The van der Waals surface area contributed by atoms with Gasteiger partial charge < -0.3 is 4.52 Å². The summed E-state index contributed by atoms with van der Waals surface area (Å²) in [7, 11) is 0. The molecule has 0 saturated heterocycles. The molecule has 0 N–H and O–H groups in total. The number of hydrogen-bond donors (Lipinski definition) is 0. The van der Waals surface area contributed by atoms with E-state index in [1.807, 2.05) is 27.7 Å². The maximum absolute atomic E-state index is 5.57. The average molecular weight is 290 g/mol. The summed E-state index contributed by atoms with van der Waals surface area (Å²) in [6.45, 7) is 5.92. The van der Waals surface area contributed by atoms with Gasteiger partial charge in [-0.05, 0) is 13.8 Å². The molecule has 1 aromatic heterocycles. The van der Waals surface area contributed by atoms with Crippen LogP contribution >= 0.6 is 6.72 Å². The van der Waals surface area contributed by atoms with E-state index in [2.05, 4.69) is 9.97 Å². The van der Waals surface area contributed by atoms with Crippen molar-refractivity contribution in [2.75, 3.05) is 13.2 Å². The lowest BCUT2D eigenvalue weighted by atomic mass is 10.2. The van der Waals surface area contributed by atoms with Crippen molar-refractivity contribution < 1.29 is 13.6 Å². The lowest BCUT2D eigenvalue weighted by Crippen LogP contribution is -2.03. The molecular weight excluding hydrogens is 271 g/mol. The minimum absolute atomic E-state index is 0.279. The van der Waals surface area contributed by atoms with E-state index >= 15 is 0 Å². The van der Waals surface area contributed by atoms with Crippen LogP contribution in [0.5, 0.6) is 5.75 Å². The fraction of sp³-hybridized carbons (Fsp3) is 0.636. The summed E-state index contributed by atoms with van der Waals surface area (Å²) in [6, 6.07) is 0. The van der Waals surface area contributed by atoms with E-state index in [-0.39, 0.29) is 5.92 Å². The quantitative estimate of drug-likeness (QED) is 0.718. The first kappa shape index (κ1) is 15.5. The Bertz CT molecular complexity index is 401. The van der Waals surface area contributed by atoms with Gasteiger partial charge in [0.1, 0.15) is 5.82 Å². The van der Waals surface area contributed by atoms with Gasteiger partial charge in [0.15, 0.2) is 5.75 Å². The summed E-state index contributed by atoms with van der Waals surface area (Å²) in [5.74, 6) is 1.52. The Kier molecular flexibility index (Phi) is 6.15. The van der Waals surface area contributed by atoms with Crippen molar-refractivity contribution in [2.45, 2.75) is 33.6 Å². The number of nitrogens with zero attached hydrogens (tertiary/aromatic N) is 2. The summed E-state index contributed by atoms with van der Waals surface area (Å²) < 4.78 is 16.3. The van der Waals surface area contributed by atoms with Crippen LogP contribution in [0, 0.1) is 0 Å². The molecule has 1 aromatic rings. The van der Waals surface area contributed by atoms with Crippen LogP contribution in [-0.4, -0.2) is 23.2 Å². The van der Waals surface area contributed by atoms with Gasteiger partial charge in [-0.15, -0.1) is 0 Å². The Morgan fingerprint density at radius 3 is 2.06 bits per heavy atom. The third kappa shape index (κ3) is 4.61. The van der Waals surface area contributed by atoms with E-state index in [1.165, 1.54) is 0 Å². The molecular formula is C11H19N2O3PS. The molecule has 18 heavy (non-hydrogen) atoms. The first-order chi connectivity index (χ1) is 8.50. The lowest BCUT2D eigenvalue weighted by Gasteiger charge is -2.20. The highest BCUT2D eigenvalue weighted by Crippen LogP contribution is 2.49. The second kappa shape index (κ2) is 7.14. The smallest absolute Gasteiger partial charge is 0.380 e. The summed E-state index contributed by atoms with van der Waals surface area (Å²) in [6.07, 6.45) is 3.20. The van der Waals surface area contributed by atoms with Crippen LogP contribution in [0.2, 0.25) is 0 Å². The Hall–Kier alpha value is -0.550. The largest absolute Gasteiger partial charge is 0.421 e. The van der Waals surface area contributed by atoms with Gasteiger partial charge in [0.25, 0.3) is 0 Å². The monoisotopic (exact) mass is 290 g/mol. The number of hydrogen-bond acceptors (Lipinski definition) is 6. The second-order valence-corrected chi connectivity index (χ2v) is 6.74. The van der Waals surface area contributed by atoms with E-state index in [0.29, 0.717) is 19.0 Å². The molecule has 1 rings (SSSR count). The van der Waals surface area contributed by atoms with Crippen molar-refractivity contribution in [1.29, 1.82) is 0 Å². The average Bonchev–Trinajstić information content (AvgIpc) is 2.30. The third-order valence-electron chi connectivity index (χ3n) is 1.96. The molecule has 0 aliphatic carbocycles. The first-order valence-electron chi connectivity index (χ1n) is 5.91. The first-order valence-corrected chi connectivity index (χ1v) is 8.47. The fourth-order valence-electron chi connectivity index (χ4n) is 1.21. The van der Waals surface area contributed by atoms with Crippen molar-refractivity contribution in [3.63, 3.8) is 0 Å². The summed E-state index contributed by atoms with van der Waals surface area (Å²) >= 11 is 5.26. The fourth-order valence-corrected chi connectivity index (χ4v) is 3.26. The predicted molar refractivity (Wildman–Crippen MR) is 74.3 cm³/mol. The molecule has 0 atom stereocenters.